The molecule has 1 atom stereocenters. The first-order chi connectivity index (χ1) is 8.49. The lowest BCUT2D eigenvalue weighted by Gasteiger charge is -2.23. The third-order valence-corrected chi connectivity index (χ3v) is 4.57. The second-order valence-corrected chi connectivity index (χ2v) is 6.36. The molecule has 2 N–H and O–H groups in total. The van der Waals surface area contributed by atoms with Gasteiger partial charge >= 0.3 is 0 Å². The van der Waals surface area contributed by atoms with Crippen LogP contribution in [-0.2, 0) is 10.0 Å². The molecule has 1 fully saturated rings. The van der Waals surface area contributed by atoms with Crippen molar-refractivity contribution in [1.29, 1.82) is 0 Å². The molecule has 1 aromatic rings. The van der Waals surface area contributed by atoms with Gasteiger partial charge in [0, 0.05) is 17.6 Å². The molecule has 1 heterocycles. The van der Waals surface area contributed by atoms with Gasteiger partial charge < -0.3 is 5.32 Å². The van der Waals surface area contributed by atoms with Crippen molar-refractivity contribution in [3.63, 3.8) is 0 Å². The summed E-state index contributed by atoms with van der Waals surface area (Å²) in [5, 5.41) is 3.28. The summed E-state index contributed by atoms with van der Waals surface area (Å²) in [5.41, 5.74) is 0. The topological polar surface area (TPSA) is 58.2 Å². The highest BCUT2D eigenvalue weighted by molar-refractivity contribution is 7.89. The van der Waals surface area contributed by atoms with Gasteiger partial charge in [-0.05, 0) is 37.6 Å². The summed E-state index contributed by atoms with van der Waals surface area (Å²) in [4.78, 5) is -0.402. The largest absolute Gasteiger partial charge is 0.315 e. The summed E-state index contributed by atoms with van der Waals surface area (Å²) in [5.74, 6) is -0.796. The fraction of sp³-hybridized carbons (Fsp3) is 0.455. The molecule has 7 heteroatoms. The summed E-state index contributed by atoms with van der Waals surface area (Å²) < 4.78 is 40.1. The number of hydrogen-bond acceptors (Lipinski definition) is 3. The van der Waals surface area contributed by atoms with E-state index in [-0.39, 0.29) is 11.1 Å². The summed E-state index contributed by atoms with van der Waals surface area (Å²) in [7, 11) is -3.86. The van der Waals surface area contributed by atoms with Crippen molar-refractivity contribution in [3.05, 3.63) is 29.0 Å². The molecule has 2 rings (SSSR count). The van der Waals surface area contributed by atoms with E-state index in [9.17, 15) is 12.8 Å². The smallest absolute Gasteiger partial charge is 0.243 e. The number of halogens is 2. The lowest BCUT2D eigenvalue weighted by Crippen LogP contribution is -2.45. The molecule has 0 amide bonds. The number of nitrogens with one attached hydrogen (secondary N) is 2. The molecule has 0 unspecified atom stereocenters. The summed E-state index contributed by atoms with van der Waals surface area (Å²) in [6, 6.07) is 3.28. The van der Waals surface area contributed by atoms with Gasteiger partial charge in [-0.3, -0.25) is 0 Å². The Kier molecular flexibility index (Phi) is 4.21. The van der Waals surface area contributed by atoms with E-state index in [0.29, 0.717) is 6.54 Å². The summed E-state index contributed by atoms with van der Waals surface area (Å²) in [6.07, 6.45) is 1.64. The van der Waals surface area contributed by atoms with Crippen LogP contribution in [0.4, 0.5) is 4.39 Å². The minimum absolute atomic E-state index is 0.193. The maximum absolute atomic E-state index is 13.5. The monoisotopic (exact) mass is 292 g/mol. The minimum Gasteiger partial charge on any atom is -0.315 e. The molecule has 100 valence electrons. The first-order valence-corrected chi connectivity index (χ1v) is 7.53. The van der Waals surface area contributed by atoms with Crippen molar-refractivity contribution >= 4 is 21.6 Å². The zero-order valence-electron chi connectivity index (χ0n) is 9.62. The van der Waals surface area contributed by atoms with Gasteiger partial charge in [0.15, 0.2) is 0 Å². The molecule has 1 saturated heterocycles. The number of rotatable bonds is 3. The molecule has 18 heavy (non-hydrogen) atoms. The fourth-order valence-electron chi connectivity index (χ4n) is 1.92. The second-order valence-electron chi connectivity index (χ2n) is 4.24. The van der Waals surface area contributed by atoms with Gasteiger partial charge in [0.1, 0.15) is 10.7 Å². The average Bonchev–Trinajstić information content (AvgIpc) is 2.33. The zero-order valence-corrected chi connectivity index (χ0v) is 11.2. The Morgan fingerprint density at radius 2 is 2.22 bits per heavy atom. The standard InChI is InChI=1S/C11H14ClFN2O2S/c12-8-3-4-10(13)11(6-8)18(16,17)15-9-2-1-5-14-7-9/h3-4,6,9,14-15H,1-2,5,7H2/t9-/m0/s1. The molecule has 0 aromatic heterocycles. The van der Waals surface area contributed by atoms with Crippen molar-refractivity contribution in [2.45, 2.75) is 23.8 Å². The molecule has 0 aliphatic carbocycles. The van der Waals surface area contributed by atoms with Crippen LogP contribution in [0.15, 0.2) is 23.1 Å². The predicted molar refractivity (Wildman–Crippen MR) is 67.6 cm³/mol. The quantitative estimate of drug-likeness (QED) is 0.888. The van der Waals surface area contributed by atoms with Crippen molar-refractivity contribution in [3.8, 4) is 0 Å². The maximum atomic E-state index is 13.5. The van der Waals surface area contributed by atoms with Crippen molar-refractivity contribution < 1.29 is 12.8 Å². The highest BCUT2D eigenvalue weighted by Gasteiger charge is 2.24. The minimum atomic E-state index is -3.86. The van der Waals surface area contributed by atoms with Gasteiger partial charge in [-0.1, -0.05) is 11.6 Å². The van der Waals surface area contributed by atoms with Crippen molar-refractivity contribution in [2.24, 2.45) is 0 Å². The molecule has 1 aliphatic heterocycles. The Labute approximate surface area is 111 Å². The molecule has 1 aliphatic rings. The molecule has 0 radical (unpaired) electrons. The van der Waals surface area contributed by atoms with Crippen LogP contribution in [0.2, 0.25) is 5.02 Å². The van der Waals surface area contributed by atoms with Gasteiger partial charge in [0.25, 0.3) is 0 Å². The molecule has 0 spiro atoms. The van der Waals surface area contributed by atoms with Crippen LogP contribution in [0.5, 0.6) is 0 Å². The summed E-state index contributed by atoms with van der Waals surface area (Å²) in [6.45, 7) is 1.44. The van der Waals surface area contributed by atoms with Gasteiger partial charge in [0.05, 0.1) is 0 Å². The number of benzene rings is 1. The van der Waals surface area contributed by atoms with Gasteiger partial charge in [-0.25, -0.2) is 17.5 Å². The second kappa shape index (κ2) is 5.52. The highest BCUT2D eigenvalue weighted by Crippen LogP contribution is 2.20. The number of piperidine rings is 1. The first-order valence-electron chi connectivity index (χ1n) is 5.67. The fourth-order valence-corrected chi connectivity index (χ4v) is 3.53. The van der Waals surface area contributed by atoms with E-state index in [1.54, 1.807) is 0 Å². The third kappa shape index (κ3) is 3.20. The molecular weight excluding hydrogens is 279 g/mol. The number of sulfonamides is 1. The van der Waals surface area contributed by atoms with E-state index in [2.05, 4.69) is 10.0 Å². The Balaban J connectivity index is 2.21. The van der Waals surface area contributed by atoms with Crippen LogP contribution < -0.4 is 10.0 Å². The van der Waals surface area contributed by atoms with Crippen LogP contribution in [0, 0.1) is 5.82 Å². The van der Waals surface area contributed by atoms with Crippen molar-refractivity contribution in [1.82, 2.24) is 10.0 Å². The zero-order chi connectivity index (χ0) is 13.2. The Morgan fingerprint density at radius 3 is 2.89 bits per heavy atom. The van der Waals surface area contributed by atoms with Crippen LogP contribution in [0.3, 0.4) is 0 Å². The highest BCUT2D eigenvalue weighted by atomic mass is 35.5. The lowest BCUT2D eigenvalue weighted by molar-refractivity contribution is 0.427. The molecular formula is C11H14ClFN2O2S. The predicted octanol–water partition coefficient (Wildman–Crippen LogP) is 1.51. The number of hydrogen-bond donors (Lipinski definition) is 2. The van der Waals surface area contributed by atoms with E-state index >= 15 is 0 Å². The molecule has 0 saturated carbocycles. The van der Waals surface area contributed by atoms with Crippen molar-refractivity contribution in [2.75, 3.05) is 13.1 Å². The first kappa shape index (κ1) is 13.7. The average molecular weight is 293 g/mol. The molecule has 1 aromatic carbocycles. The Hall–Kier alpha value is -0.690. The maximum Gasteiger partial charge on any atom is 0.243 e. The van der Waals surface area contributed by atoms with Crippen LogP contribution in [0.1, 0.15) is 12.8 Å². The van der Waals surface area contributed by atoms with Crippen LogP contribution in [-0.4, -0.2) is 27.5 Å². The van der Waals surface area contributed by atoms with Crippen LogP contribution >= 0.6 is 11.6 Å². The van der Waals surface area contributed by atoms with E-state index in [4.69, 9.17) is 11.6 Å². The Morgan fingerprint density at radius 1 is 1.44 bits per heavy atom. The van der Waals surface area contributed by atoms with E-state index in [0.717, 1.165) is 31.5 Å². The van der Waals surface area contributed by atoms with Gasteiger partial charge in [0.2, 0.25) is 10.0 Å². The van der Waals surface area contributed by atoms with Gasteiger partial charge in [-0.15, -0.1) is 0 Å². The molecule has 0 bridgehead atoms. The molecule has 4 nitrogen and oxygen atoms in total. The normalized spacial score (nSPS) is 20.9. The van der Waals surface area contributed by atoms with Gasteiger partial charge in [-0.2, -0.15) is 0 Å². The van der Waals surface area contributed by atoms with Crippen LogP contribution in [0.25, 0.3) is 0 Å². The van der Waals surface area contributed by atoms with E-state index in [1.807, 2.05) is 0 Å². The lowest BCUT2D eigenvalue weighted by atomic mass is 10.1. The third-order valence-electron chi connectivity index (χ3n) is 2.80. The summed E-state index contributed by atoms with van der Waals surface area (Å²) >= 11 is 5.69. The van der Waals surface area contributed by atoms with E-state index < -0.39 is 20.7 Å². The van der Waals surface area contributed by atoms with E-state index in [1.165, 1.54) is 6.07 Å². The Bertz CT molecular complexity index is 530. The SMILES string of the molecule is O=S(=O)(N[C@H]1CCCNC1)c1cc(Cl)ccc1F.